The number of amides is 1. The van der Waals surface area contributed by atoms with Crippen LogP contribution in [0.4, 0.5) is 0 Å². The number of fused-ring (bicyclic) bond motifs is 1. The van der Waals surface area contributed by atoms with Crippen LogP contribution in [-0.4, -0.2) is 20.4 Å². The summed E-state index contributed by atoms with van der Waals surface area (Å²) in [6.07, 6.45) is 3.37. The van der Waals surface area contributed by atoms with E-state index >= 15 is 0 Å². The fourth-order valence-corrected chi connectivity index (χ4v) is 3.07. The van der Waals surface area contributed by atoms with E-state index in [9.17, 15) is 14.4 Å². The van der Waals surface area contributed by atoms with Crippen molar-refractivity contribution >= 4 is 16.8 Å². The molecule has 29 heavy (non-hydrogen) atoms. The van der Waals surface area contributed by atoms with E-state index in [1.54, 1.807) is 60.9 Å². The first-order valence-electron chi connectivity index (χ1n) is 9.10. The van der Waals surface area contributed by atoms with Crippen molar-refractivity contribution in [2.24, 2.45) is 0 Å². The molecular formula is C22H18N4O3. The molecule has 2 N–H and O–H groups in total. The number of aromatic amines is 1. The molecule has 0 spiro atoms. The lowest BCUT2D eigenvalue weighted by molar-refractivity contribution is 0.0951. The summed E-state index contributed by atoms with van der Waals surface area (Å²) < 4.78 is 1.15. The van der Waals surface area contributed by atoms with Crippen molar-refractivity contribution in [1.82, 2.24) is 19.9 Å². The van der Waals surface area contributed by atoms with Crippen LogP contribution in [0.2, 0.25) is 0 Å². The number of benzene rings is 2. The molecule has 0 radical (unpaired) electrons. The van der Waals surface area contributed by atoms with Crippen molar-refractivity contribution in [3.63, 3.8) is 0 Å². The third kappa shape index (κ3) is 3.98. The topological polar surface area (TPSA) is 96.8 Å². The maximum Gasteiger partial charge on any atom is 0.329 e. The van der Waals surface area contributed by atoms with Crippen LogP contribution in [0, 0.1) is 0 Å². The van der Waals surface area contributed by atoms with Crippen LogP contribution in [0.5, 0.6) is 0 Å². The van der Waals surface area contributed by atoms with Crippen LogP contribution in [0.25, 0.3) is 10.9 Å². The average Bonchev–Trinajstić information content (AvgIpc) is 2.76. The molecule has 1 amide bonds. The van der Waals surface area contributed by atoms with Crippen LogP contribution >= 0.6 is 0 Å². The average molecular weight is 386 g/mol. The Kier molecular flexibility index (Phi) is 5.03. The van der Waals surface area contributed by atoms with Gasteiger partial charge in [-0.2, -0.15) is 0 Å². The fraction of sp³-hybridized carbons (Fsp3) is 0.0909. The minimum atomic E-state index is -0.466. The van der Waals surface area contributed by atoms with E-state index in [1.165, 1.54) is 0 Å². The number of carbonyl (C=O) groups is 1. The molecule has 2 aromatic heterocycles. The van der Waals surface area contributed by atoms with Crippen molar-refractivity contribution in [3.8, 4) is 0 Å². The lowest BCUT2D eigenvalue weighted by Gasteiger charge is -2.08. The summed E-state index contributed by atoms with van der Waals surface area (Å²) in [5.74, 6) is -0.207. The number of pyridine rings is 1. The van der Waals surface area contributed by atoms with Crippen molar-refractivity contribution < 1.29 is 4.79 Å². The van der Waals surface area contributed by atoms with E-state index in [0.29, 0.717) is 23.0 Å². The molecule has 2 heterocycles. The zero-order valence-corrected chi connectivity index (χ0v) is 15.5. The summed E-state index contributed by atoms with van der Waals surface area (Å²) >= 11 is 0. The Balaban J connectivity index is 1.50. The molecule has 144 valence electrons. The summed E-state index contributed by atoms with van der Waals surface area (Å²) in [6, 6.07) is 17.4. The maximum absolute atomic E-state index is 12.6. The number of aromatic nitrogens is 3. The molecule has 7 heteroatoms. The second kappa shape index (κ2) is 7.93. The number of hydrogen-bond acceptors (Lipinski definition) is 4. The van der Waals surface area contributed by atoms with Gasteiger partial charge in [0.05, 0.1) is 17.4 Å². The maximum atomic E-state index is 12.6. The van der Waals surface area contributed by atoms with Crippen molar-refractivity contribution in [2.75, 3.05) is 0 Å². The summed E-state index contributed by atoms with van der Waals surface area (Å²) in [5, 5.41) is 3.29. The Hall–Kier alpha value is -4.00. The van der Waals surface area contributed by atoms with Gasteiger partial charge in [0.15, 0.2) is 0 Å². The third-order valence-electron chi connectivity index (χ3n) is 4.62. The Labute approximate surface area is 165 Å². The van der Waals surface area contributed by atoms with Crippen molar-refractivity contribution in [1.29, 1.82) is 0 Å². The SMILES string of the molecule is O=C(NCc1cccnc1)c1ccc(Cn2c(=O)[nH]c3ccccc3c2=O)cc1. The summed E-state index contributed by atoms with van der Waals surface area (Å²) in [7, 11) is 0. The number of H-pyrrole nitrogens is 1. The second-order valence-corrected chi connectivity index (χ2v) is 6.61. The first-order chi connectivity index (χ1) is 14.1. The molecule has 0 aliphatic carbocycles. The molecule has 7 nitrogen and oxygen atoms in total. The van der Waals surface area contributed by atoms with Crippen LogP contribution in [0.15, 0.2) is 82.6 Å². The van der Waals surface area contributed by atoms with Gasteiger partial charge in [-0.3, -0.25) is 19.1 Å². The Bertz CT molecular complexity index is 1280. The highest BCUT2D eigenvalue weighted by Gasteiger charge is 2.09. The summed E-state index contributed by atoms with van der Waals surface area (Å²) in [4.78, 5) is 43.9. The predicted molar refractivity (Wildman–Crippen MR) is 110 cm³/mol. The van der Waals surface area contributed by atoms with Gasteiger partial charge < -0.3 is 10.3 Å². The third-order valence-corrected chi connectivity index (χ3v) is 4.62. The van der Waals surface area contributed by atoms with Gasteiger partial charge in [-0.05, 0) is 41.5 Å². The summed E-state index contributed by atoms with van der Waals surface area (Å²) in [6.45, 7) is 0.507. The van der Waals surface area contributed by atoms with Crippen molar-refractivity contribution in [3.05, 3.63) is 111 Å². The molecule has 0 unspecified atom stereocenters. The van der Waals surface area contributed by atoms with Gasteiger partial charge in [-0.25, -0.2) is 4.79 Å². The number of hydrogen-bond donors (Lipinski definition) is 2. The van der Waals surface area contributed by atoms with Gasteiger partial charge in [-0.15, -0.1) is 0 Å². The Morgan fingerprint density at radius 3 is 2.52 bits per heavy atom. The minimum Gasteiger partial charge on any atom is -0.348 e. The molecule has 4 rings (SSSR count). The number of nitrogens with zero attached hydrogens (tertiary/aromatic N) is 2. The molecule has 0 saturated heterocycles. The van der Waals surface area contributed by atoms with E-state index in [0.717, 1.165) is 15.7 Å². The first kappa shape index (κ1) is 18.4. The molecular weight excluding hydrogens is 368 g/mol. The summed E-state index contributed by atoms with van der Waals surface area (Å²) in [5.41, 5.74) is 1.86. The zero-order valence-electron chi connectivity index (χ0n) is 15.5. The molecule has 2 aromatic carbocycles. The van der Waals surface area contributed by atoms with E-state index < -0.39 is 5.69 Å². The number of rotatable bonds is 5. The zero-order chi connectivity index (χ0) is 20.2. The molecule has 0 bridgehead atoms. The van der Waals surface area contributed by atoms with Gasteiger partial charge >= 0.3 is 5.69 Å². The van der Waals surface area contributed by atoms with Crippen LogP contribution in [0.3, 0.4) is 0 Å². The number of carbonyl (C=O) groups excluding carboxylic acids is 1. The van der Waals surface area contributed by atoms with Gasteiger partial charge in [-0.1, -0.05) is 30.3 Å². The van der Waals surface area contributed by atoms with E-state index in [-0.39, 0.29) is 18.0 Å². The van der Waals surface area contributed by atoms with Crippen LogP contribution in [0.1, 0.15) is 21.5 Å². The highest BCUT2D eigenvalue weighted by atomic mass is 16.2. The van der Waals surface area contributed by atoms with E-state index in [2.05, 4.69) is 15.3 Å². The van der Waals surface area contributed by atoms with Crippen LogP contribution < -0.4 is 16.6 Å². The molecule has 0 aliphatic heterocycles. The van der Waals surface area contributed by atoms with E-state index in [4.69, 9.17) is 0 Å². The fourth-order valence-electron chi connectivity index (χ4n) is 3.07. The Morgan fingerprint density at radius 1 is 0.966 bits per heavy atom. The van der Waals surface area contributed by atoms with Crippen LogP contribution in [-0.2, 0) is 13.1 Å². The molecule has 0 aliphatic rings. The predicted octanol–water partition coefficient (Wildman–Crippen LogP) is 2.06. The highest BCUT2D eigenvalue weighted by molar-refractivity contribution is 5.94. The molecule has 0 saturated carbocycles. The lowest BCUT2D eigenvalue weighted by atomic mass is 10.1. The second-order valence-electron chi connectivity index (χ2n) is 6.61. The number of para-hydroxylation sites is 1. The standard InChI is InChI=1S/C22H18N4O3/c27-20(24-13-16-4-3-11-23-12-16)17-9-7-15(8-10-17)14-26-21(28)18-5-1-2-6-19(18)25-22(26)29/h1-12H,13-14H2,(H,24,27)(H,25,29). The highest BCUT2D eigenvalue weighted by Crippen LogP contribution is 2.07. The normalized spacial score (nSPS) is 10.8. The smallest absolute Gasteiger partial charge is 0.329 e. The Morgan fingerprint density at radius 2 is 1.76 bits per heavy atom. The molecule has 4 aromatic rings. The number of nitrogens with one attached hydrogen (secondary N) is 2. The quantitative estimate of drug-likeness (QED) is 0.549. The largest absolute Gasteiger partial charge is 0.348 e. The minimum absolute atomic E-state index is 0.122. The first-order valence-corrected chi connectivity index (χ1v) is 9.10. The molecule has 0 fully saturated rings. The lowest BCUT2D eigenvalue weighted by Crippen LogP contribution is -2.35. The van der Waals surface area contributed by atoms with E-state index in [1.807, 2.05) is 12.1 Å². The van der Waals surface area contributed by atoms with Crippen molar-refractivity contribution in [2.45, 2.75) is 13.1 Å². The van der Waals surface area contributed by atoms with Gasteiger partial charge in [0.2, 0.25) is 0 Å². The van der Waals surface area contributed by atoms with Gasteiger partial charge in [0.25, 0.3) is 11.5 Å². The molecule has 0 atom stereocenters. The monoisotopic (exact) mass is 386 g/mol. The van der Waals surface area contributed by atoms with Gasteiger partial charge in [0, 0.05) is 24.5 Å². The van der Waals surface area contributed by atoms with Gasteiger partial charge in [0.1, 0.15) is 0 Å².